The molecule has 4 nitrogen and oxygen atoms in total. The number of para-hydroxylation sites is 1. The Balaban J connectivity index is 1.85. The Morgan fingerprint density at radius 1 is 1.04 bits per heavy atom. The minimum absolute atomic E-state index is 0.201. The molecular formula is C21H21NO3. The summed E-state index contributed by atoms with van der Waals surface area (Å²) in [5.74, 6) is -0.677. The Kier molecular flexibility index (Phi) is 4.45. The van der Waals surface area contributed by atoms with Gasteiger partial charge in [0.25, 0.3) is 0 Å². The Morgan fingerprint density at radius 3 is 2.48 bits per heavy atom. The van der Waals surface area contributed by atoms with Crippen LogP contribution in [0.15, 0.2) is 42.5 Å². The number of Topliss-reactive ketones (excluding diaryl/α,β-unsaturated/α-hetero) is 1. The number of ether oxygens (including phenoxy) is 1. The zero-order chi connectivity index (χ0) is 18.1. The van der Waals surface area contributed by atoms with Crippen LogP contribution in [0.2, 0.25) is 0 Å². The Hall–Kier alpha value is -2.88. The summed E-state index contributed by atoms with van der Waals surface area (Å²) in [7, 11) is 0. The monoisotopic (exact) mass is 335 g/mol. The number of benzene rings is 2. The Morgan fingerprint density at radius 2 is 1.76 bits per heavy atom. The zero-order valence-corrected chi connectivity index (χ0v) is 14.8. The molecule has 1 heterocycles. The second-order valence-electron chi connectivity index (χ2n) is 6.40. The number of fused-ring (bicyclic) bond motifs is 1. The van der Waals surface area contributed by atoms with Crippen molar-refractivity contribution in [3.05, 3.63) is 70.4 Å². The molecule has 128 valence electrons. The van der Waals surface area contributed by atoms with Crippen LogP contribution in [-0.4, -0.2) is 22.8 Å². The van der Waals surface area contributed by atoms with E-state index in [9.17, 15) is 9.59 Å². The van der Waals surface area contributed by atoms with Crippen molar-refractivity contribution in [3.8, 4) is 0 Å². The number of hydrogen-bond acceptors (Lipinski definition) is 3. The number of hydrogen-bond donors (Lipinski definition) is 1. The van der Waals surface area contributed by atoms with Crippen LogP contribution in [0.25, 0.3) is 10.9 Å². The topological polar surface area (TPSA) is 59.2 Å². The van der Waals surface area contributed by atoms with E-state index in [2.05, 4.69) is 4.98 Å². The minimum atomic E-state index is -0.855. The summed E-state index contributed by atoms with van der Waals surface area (Å²) in [5.41, 5.74) is 4.66. The number of aryl methyl sites for hydroxylation is 3. The summed E-state index contributed by atoms with van der Waals surface area (Å²) < 4.78 is 5.44. The van der Waals surface area contributed by atoms with Gasteiger partial charge >= 0.3 is 5.97 Å². The minimum Gasteiger partial charge on any atom is -0.451 e. The molecule has 0 aliphatic heterocycles. The predicted octanol–water partition coefficient (Wildman–Crippen LogP) is 4.52. The van der Waals surface area contributed by atoms with Crippen molar-refractivity contribution in [2.24, 2.45) is 0 Å². The molecule has 1 aromatic heterocycles. The van der Waals surface area contributed by atoms with E-state index in [0.717, 1.165) is 27.7 Å². The Labute approximate surface area is 146 Å². The molecule has 25 heavy (non-hydrogen) atoms. The number of H-pyrrole nitrogens is 1. The van der Waals surface area contributed by atoms with Crippen molar-refractivity contribution in [3.63, 3.8) is 0 Å². The zero-order valence-electron chi connectivity index (χ0n) is 14.8. The summed E-state index contributed by atoms with van der Waals surface area (Å²) in [6.45, 7) is 7.30. The van der Waals surface area contributed by atoms with E-state index < -0.39 is 12.1 Å². The number of carbonyl (C=O) groups excluding carboxylic acids is 2. The van der Waals surface area contributed by atoms with E-state index >= 15 is 0 Å². The number of carbonyl (C=O) groups is 2. The number of aromatic amines is 1. The van der Waals surface area contributed by atoms with Gasteiger partial charge in [-0.3, -0.25) is 4.79 Å². The average molecular weight is 335 g/mol. The van der Waals surface area contributed by atoms with Crippen LogP contribution in [0.3, 0.4) is 0 Å². The summed E-state index contributed by atoms with van der Waals surface area (Å²) in [4.78, 5) is 28.5. The molecule has 4 heteroatoms. The molecule has 0 amide bonds. The van der Waals surface area contributed by atoms with Crippen molar-refractivity contribution in [1.82, 2.24) is 4.98 Å². The van der Waals surface area contributed by atoms with E-state index in [0.29, 0.717) is 11.1 Å². The lowest BCUT2D eigenvalue weighted by atomic mass is 10.0. The first kappa shape index (κ1) is 17.0. The fraction of sp³-hybridized carbons (Fsp3) is 0.238. The predicted molar refractivity (Wildman–Crippen MR) is 98.2 cm³/mol. The summed E-state index contributed by atoms with van der Waals surface area (Å²) >= 11 is 0. The van der Waals surface area contributed by atoms with E-state index in [1.54, 1.807) is 13.0 Å². The van der Waals surface area contributed by atoms with Gasteiger partial charge in [-0.2, -0.15) is 0 Å². The van der Waals surface area contributed by atoms with Crippen molar-refractivity contribution < 1.29 is 14.3 Å². The second-order valence-corrected chi connectivity index (χ2v) is 6.40. The molecule has 2 aromatic carbocycles. The first-order valence-electron chi connectivity index (χ1n) is 8.28. The molecule has 3 rings (SSSR count). The van der Waals surface area contributed by atoms with Crippen LogP contribution in [0.4, 0.5) is 0 Å². The van der Waals surface area contributed by atoms with Crippen molar-refractivity contribution in [2.45, 2.75) is 33.8 Å². The molecule has 1 atom stereocenters. The van der Waals surface area contributed by atoms with Gasteiger partial charge in [0.15, 0.2) is 6.10 Å². The number of esters is 1. The van der Waals surface area contributed by atoms with Gasteiger partial charge in [-0.1, -0.05) is 35.9 Å². The van der Waals surface area contributed by atoms with Crippen LogP contribution in [0.1, 0.15) is 44.5 Å². The molecule has 0 bridgehead atoms. The van der Waals surface area contributed by atoms with Gasteiger partial charge < -0.3 is 9.72 Å². The van der Waals surface area contributed by atoms with E-state index in [1.807, 2.05) is 57.2 Å². The molecule has 0 aliphatic rings. The molecule has 0 fully saturated rings. The first-order valence-corrected chi connectivity index (χ1v) is 8.28. The number of nitrogens with one attached hydrogen (secondary N) is 1. The first-order chi connectivity index (χ1) is 11.9. The number of rotatable bonds is 4. The average Bonchev–Trinajstić information content (AvgIpc) is 2.89. The molecule has 0 spiro atoms. The quantitative estimate of drug-likeness (QED) is 0.563. The highest BCUT2D eigenvalue weighted by Crippen LogP contribution is 2.24. The third-order valence-corrected chi connectivity index (χ3v) is 4.39. The van der Waals surface area contributed by atoms with Crippen molar-refractivity contribution in [2.75, 3.05) is 0 Å². The third-order valence-electron chi connectivity index (χ3n) is 4.39. The highest BCUT2D eigenvalue weighted by Gasteiger charge is 2.25. The molecule has 0 saturated heterocycles. The van der Waals surface area contributed by atoms with Crippen molar-refractivity contribution >= 4 is 22.7 Å². The summed E-state index contributed by atoms with van der Waals surface area (Å²) in [5, 5.41) is 0.847. The van der Waals surface area contributed by atoms with E-state index in [-0.39, 0.29) is 5.78 Å². The van der Waals surface area contributed by atoms with Gasteiger partial charge in [0.2, 0.25) is 5.78 Å². The third kappa shape index (κ3) is 3.20. The Bertz CT molecular complexity index is 968. The van der Waals surface area contributed by atoms with Crippen molar-refractivity contribution in [1.29, 1.82) is 0 Å². The maximum Gasteiger partial charge on any atom is 0.339 e. The fourth-order valence-electron chi connectivity index (χ4n) is 3.12. The van der Waals surface area contributed by atoms with Gasteiger partial charge in [0.05, 0.1) is 5.56 Å². The summed E-state index contributed by atoms with van der Waals surface area (Å²) in [6.07, 6.45) is -0.855. The summed E-state index contributed by atoms with van der Waals surface area (Å²) in [6, 6.07) is 13.1. The maximum absolute atomic E-state index is 12.8. The number of ketones is 1. The molecule has 1 N–H and O–H groups in total. The van der Waals surface area contributed by atoms with Gasteiger partial charge in [0.1, 0.15) is 0 Å². The molecular weight excluding hydrogens is 314 g/mol. The standard InChI is InChI=1S/C21H21NO3/c1-12-9-10-16(13(2)11-12)21(24)25-15(4)20(23)19-14(3)22-18-8-6-5-7-17(18)19/h5-11,15,22H,1-4H3/t15-/m0/s1. The molecule has 0 saturated carbocycles. The largest absolute Gasteiger partial charge is 0.451 e. The maximum atomic E-state index is 12.8. The lowest BCUT2D eigenvalue weighted by Crippen LogP contribution is -2.25. The van der Waals surface area contributed by atoms with E-state index in [1.165, 1.54) is 0 Å². The molecule has 3 aromatic rings. The van der Waals surface area contributed by atoms with Gasteiger partial charge in [-0.05, 0) is 45.4 Å². The van der Waals surface area contributed by atoms with Crippen LogP contribution < -0.4 is 0 Å². The lowest BCUT2D eigenvalue weighted by molar-refractivity contribution is 0.0318. The fourth-order valence-corrected chi connectivity index (χ4v) is 3.12. The number of aromatic nitrogens is 1. The van der Waals surface area contributed by atoms with Gasteiger partial charge in [-0.25, -0.2) is 4.79 Å². The molecule has 0 unspecified atom stereocenters. The van der Waals surface area contributed by atoms with Crippen LogP contribution in [-0.2, 0) is 4.74 Å². The van der Waals surface area contributed by atoms with Gasteiger partial charge in [-0.15, -0.1) is 0 Å². The SMILES string of the molecule is Cc1ccc(C(=O)O[C@@H](C)C(=O)c2c(C)[nH]c3ccccc23)c(C)c1. The normalized spacial score (nSPS) is 12.2. The molecule has 0 aliphatic carbocycles. The van der Waals surface area contributed by atoms with Crippen LogP contribution in [0, 0.1) is 20.8 Å². The van der Waals surface area contributed by atoms with E-state index in [4.69, 9.17) is 4.74 Å². The highest BCUT2D eigenvalue weighted by atomic mass is 16.5. The van der Waals surface area contributed by atoms with Crippen LogP contribution in [0.5, 0.6) is 0 Å². The van der Waals surface area contributed by atoms with Crippen LogP contribution >= 0.6 is 0 Å². The lowest BCUT2D eigenvalue weighted by Gasteiger charge is -2.14. The highest BCUT2D eigenvalue weighted by molar-refractivity contribution is 6.11. The smallest absolute Gasteiger partial charge is 0.339 e. The van der Waals surface area contributed by atoms with Gasteiger partial charge in [0, 0.05) is 22.2 Å². The second kappa shape index (κ2) is 6.55. The molecule has 0 radical (unpaired) electrons.